The van der Waals surface area contributed by atoms with Crippen LogP contribution >= 0.6 is 0 Å². The van der Waals surface area contributed by atoms with Crippen molar-refractivity contribution in [2.24, 2.45) is 17.8 Å². The van der Waals surface area contributed by atoms with E-state index < -0.39 is 0 Å². The largest absolute Gasteiger partial charge is 0.493 e. The summed E-state index contributed by atoms with van der Waals surface area (Å²) in [5.41, 5.74) is 0.663. The van der Waals surface area contributed by atoms with E-state index >= 15 is 0 Å². The van der Waals surface area contributed by atoms with Gasteiger partial charge in [-0.25, -0.2) is 0 Å². The topological polar surface area (TPSA) is 47.6 Å². The zero-order chi connectivity index (χ0) is 17.9. The summed E-state index contributed by atoms with van der Waals surface area (Å²) in [6.07, 6.45) is 8.78. The number of benzene rings is 1. The minimum atomic E-state index is 0.00967. The second-order valence-electron chi connectivity index (χ2n) is 8.11. The molecule has 26 heavy (non-hydrogen) atoms. The number of amides is 1. The van der Waals surface area contributed by atoms with E-state index in [9.17, 15) is 4.79 Å². The Morgan fingerprint density at radius 2 is 2.04 bits per heavy atom. The van der Waals surface area contributed by atoms with Crippen molar-refractivity contribution >= 4 is 5.91 Å². The number of hydrogen-bond donors (Lipinski definition) is 1. The Balaban J connectivity index is 1.45. The summed E-state index contributed by atoms with van der Waals surface area (Å²) in [7, 11) is 0. The molecule has 4 atom stereocenters. The summed E-state index contributed by atoms with van der Waals surface area (Å²) in [5, 5.41) is 3.36. The SMILES string of the molecule is CCCCOc1ccccc1C(=O)N[C@H]1[C@@H]2CCO[C@@H]2[C@@H]1C1CCCC1. The van der Waals surface area contributed by atoms with Gasteiger partial charge in [0.15, 0.2) is 0 Å². The molecule has 0 radical (unpaired) electrons. The van der Waals surface area contributed by atoms with Gasteiger partial charge in [0.1, 0.15) is 5.75 Å². The third kappa shape index (κ3) is 3.36. The Labute approximate surface area is 156 Å². The van der Waals surface area contributed by atoms with Gasteiger partial charge >= 0.3 is 0 Å². The summed E-state index contributed by atoms with van der Waals surface area (Å²) in [6.45, 7) is 3.65. The second-order valence-corrected chi connectivity index (χ2v) is 8.11. The molecule has 1 aliphatic heterocycles. The standard InChI is InChI=1S/C22H31NO3/c1-2-3-13-25-18-11-7-6-10-16(18)22(24)23-20-17-12-14-26-21(17)19(20)15-8-4-5-9-15/h6-7,10-11,15,17,19-21H,2-5,8-9,12-14H2,1H3,(H,23,24)/t17-,19+,20-,21-/m0/s1. The summed E-state index contributed by atoms with van der Waals surface area (Å²) >= 11 is 0. The van der Waals surface area contributed by atoms with Gasteiger partial charge in [-0.15, -0.1) is 0 Å². The molecule has 4 nitrogen and oxygen atoms in total. The lowest BCUT2D eigenvalue weighted by Crippen LogP contribution is -2.63. The molecule has 4 rings (SSSR count). The molecule has 2 aliphatic carbocycles. The van der Waals surface area contributed by atoms with Crippen molar-refractivity contribution in [2.75, 3.05) is 13.2 Å². The fourth-order valence-electron chi connectivity index (χ4n) is 5.20. The smallest absolute Gasteiger partial charge is 0.255 e. The zero-order valence-corrected chi connectivity index (χ0v) is 15.8. The predicted molar refractivity (Wildman–Crippen MR) is 101 cm³/mol. The van der Waals surface area contributed by atoms with Gasteiger partial charge in [0, 0.05) is 24.5 Å². The number of carbonyl (C=O) groups excluding carboxylic acids is 1. The van der Waals surface area contributed by atoms with Crippen LogP contribution in [0, 0.1) is 17.8 Å². The molecule has 0 unspecified atom stereocenters. The van der Waals surface area contributed by atoms with Crippen LogP contribution in [0.1, 0.15) is 62.2 Å². The first-order chi connectivity index (χ1) is 12.8. The highest BCUT2D eigenvalue weighted by molar-refractivity contribution is 5.97. The highest BCUT2D eigenvalue weighted by Crippen LogP contribution is 2.51. The first-order valence-electron chi connectivity index (χ1n) is 10.4. The van der Waals surface area contributed by atoms with Crippen molar-refractivity contribution in [3.63, 3.8) is 0 Å². The van der Waals surface area contributed by atoms with Gasteiger partial charge in [-0.3, -0.25) is 4.79 Å². The van der Waals surface area contributed by atoms with Gasteiger partial charge in [0.2, 0.25) is 0 Å². The van der Waals surface area contributed by atoms with E-state index in [-0.39, 0.29) is 11.9 Å². The number of unbranched alkanes of at least 4 members (excludes halogenated alkanes) is 1. The number of rotatable bonds is 7. The van der Waals surface area contributed by atoms with Crippen molar-refractivity contribution < 1.29 is 14.3 Å². The molecule has 1 heterocycles. The van der Waals surface area contributed by atoms with Crippen LogP contribution in [0.2, 0.25) is 0 Å². The van der Waals surface area contributed by atoms with E-state index in [0.717, 1.165) is 31.8 Å². The van der Waals surface area contributed by atoms with E-state index in [1.54, 1.807) is 0 Å². The third-order valence-electron chi connectivity index (χ3n) is 6.57. The van der Waals surface area contributed by atoms with E-state index in [0.29, 0.717) is 35.9 Å². The summed E-state index contributed by atoms with van der Waals surface area (Å²) in [6, 6.07) is 7.90. The monoisotopic (exact) mass is 357 g/mol. The van der Waals surface area contributed by atoms with Crippen molar-refractivity contribution in [1.82, 2.24) is 5.32 Å². The summed E-state index contributed by atoms with van der Waals surface area (Å²) in [5.74, 6) is 2.43. The van der Waals surface area contributed by atoms with Crippen LogP contribution in [0.15, 0.2) is 24.3 Å². The normalized spacial score (nSPS) is 30.7. The number of fused-ring (bicyclic) bond motifs is 1. The minimum Gasteiger partial charge on any atom is -0.493 e. The Kier molecular flexibility index (Phi) is 5.49. The van der Waals surface area contributed by atoms with Gasteiger partial charge in [-0.2, -0.15) is 0 Å². The molecule has 3 aliphatic rings. The molecule has 1 saturated heterocycles. The lowest BCUT2D eigenvalue weighted by atomic mass is 9.61. The van der Waals surface area contributed by atoms with E-state index in [4.69, 9.17) is 9.47 Å². The van der Waals surface area contributed by atoms with Crippen LogP contribution in [-0.4, -0.2) is 31.3 Å². The summed E-state index contributed by atoms with van der Waals surface area (Å²) < 4.78 is 11.9. The number of hydrogen-bond acceptors (Lipinski definition) is 3. The Morgan fingerprint density at radius 3 is 2.85 bits per heavy atom. The van der Waals surface area contributed by atoms with Gasteiger partial charge in [0.25, 0.3) is 5.91 Å². The Bertz CT molecular complexity index is 621. The number of para-hydroxylation sites is 1. The average Bonchev–Trinajstić information content (AvgIpc) is 3.31. The maximum absolute atomic E-state index is 13.0. The van der Waals surface area contributed by atoms with Crippen molar-refractivity contribution in [2.45, 2.75) is 64.0 Å². The van der Waals surface area contributed by atoms with Crippen LogP contribution in [0.5, 0.6) is 5.75 Å². The Morgan fingerprint density at radius 1 is 1.23 bits per heavy atom. The first-order valence-corrected chi connectivity index (χ1v) is 10.4. The van der Waals surface area contributed by atoms with Gasteiger partial charge in [-0.1, -0.05) is 51.2 Å². The van der Waals surface area contributed by atoms with Crippen LogP contribution < -0.4 is 10.1 Å². The fourth-order valence-corrected chi connectivity index (χ4v) is 5.20. The quantitative estimate of drug-likeness (QED) is 0.745. The first kappa shape index (κ1) is 17.8. The lowest BCUT2D eigenvalue weighted by Gasteiger charge is -2.50. The second kappa shape index (κ2) is 7.99. The van der Waals surface area contributed by atoms with Crippen LogP contribution in [0.4, 0.5) is 0 Å². The number of ether oxygens (including phenoxy) is 2. The molecule has 4 heteroatoms. The number of nitrogens with one attached hydrogen (secondary N) is 1. The zero-order valence-electron chi connectivity index (χ0n) is 15.8. The van der Waals surface area contributed by atoms with E-state index in [1.165, 1.54) is 25.7 Å². The van der Waals surface area contributed by atoms with Crippen molar-refractivity contribution in [3.8, 4) is 5.75 Å². The molecule has 1 amide bonds. The predicted octanol–water partition coefficient (Wildman–Crippen LogP) is 4.19. The maximum Gasteiger partial charge on any atom is 0.255 e. The maximum atomic E-state index is 13.0. The molecule has 142 valence electrons. The molecule has 0 bridgehead atoms. The molecule has 0 aromatic heterocycles. The fraction of sp³-hybridized carbons (Fsp3) is 0.682. The molecule has 1 aromatic carbocycles. The third-order valence-corrected chi connectivity index (χ3v) is 6.57. The molecular formula is C22H31NO3. The highest BCUT2D eigenvalue weighted by atomic mass is 16.5. The van der Waals surface area contributed by atoms with E-state index in [2.05, 4.69) is 12.2 Å². The molecule has 2 saturated carbocycles. The van der Waals surface area contributed by atoms with Crippen LogP contribution in [-0.2, 0) is 4.74 Å². The Hall–Kier alpha value is -1.55. The van der Waals surface area contributed by atoms with Crippen molar-refractivity contribution in [1.29, 1.82) is 0 Å². The lowest BCUT2D eigenvalue weighted by molar-refractivity contribution is -0.0784. The number of carbonyl (C=O) groups is 1. The van der Waals surface area contributed by atoms with Gasteiger partial charge in [0.05, 0.1) is 18.3 Å². The molecule has 1 N–H and O–H groups in total. The molecular weight excluding hydrogens is 326 g/mol. The van der Waals surface area contributed by atoms with Gasteiger partial charge in [-0.05, 0) is 30.9 Å². The van der Waals surface area contributed by atoms with Crippen LogP contribution in [0.25, 0.3) is 0 Å². The van der Waals surface area contributed by atoms with Crippen molar-refractivity contribution in [3.05, 3.63) is 29.8 Å². The minimum absolute atomic E-state index is 0.00967. The highest BCUT2D eigenvalue weighted by Gasteiger charge is 2.57. The molecule has 0 spiro atoms. The average molecular weight is 357 g/mol. The van der Waals surface area contributed by atoms with Gasteiger partial charge < -0.3 is 14.8 Å². The molecule has 1 aromatic rings. The van der Waals surface area contributed by atoms with E-state index in [1.807, 2.05) is 24.3 Å². The van der Waals surface area contributed by atoms with Crippen LogP contribution in [0.3, 0.4) is 0 Å². The summed E-state index contributed by atoms with van der Waals surface area (Å²) in [4.78, 5) is 13.0. The molecule has 3 fully saturated rings.